The maximum atomic E-state index is 13.3. The number of carbonyl (C=O) groups excluding carboxylic acids is 2. The minimum atomic E-state index is -0.250. The molecule has 0 unspecified atom stereocenters. The van der Waals surface area contributed by atoms with E-state index in [1.54, 1.807) is 0 Å². The van der Waals surface area contributed by atoms with Gasteiger partial charge in [-0.25, -0.2) is 0 Å². The van der Waals surface area contributed by atoms with Gasteiger partial charge in [-0.15, -0.1) is 0 Å². The fourth-order valence-electron chi connectivity index (χ4n) is 5.26. The van der Waals surface area contributed by atoms with E-state index in [1.165, 1.54) is 27.2 Å². The average molecular weight is 346 g/mol. The molecule has 0 N–H and O–H groups in total. The molecule has 132 valence electrons. The van der Waals surface area contributed by atoms with Gasteiger partial charge in [-0.05, 0) is 36.3 Å². The second-order valence-electron chi connectivity index (χ2n) is 7.90. The van der Waals surface area contributed by atoms with Crippen molar-refractivity contribution < 1.29 is 9.59 Å². The lowest BCUT2D eigenvalue weighted by Crippen LogP contribution is -2.41. The SMILES string of the molecule is CN(C)CCN1C(=O)[C@@H]2C3c4ccccc4C(c4ccccc43)[C@@H]2C1=O. The molecule has 0 aromatic heterocycles. The summed E-state index contributed by atoms with van der Waals surface area (Å²) < 4.78 is 0. The molecule has 0 radical (unpaired) electrons. The molecule has 4 nitrogen and oxygen atoms in total. The van der Waals surface area contributed by atoms with Gasteiger partial charge in [-0.2, -0.15) is 0 Å². The number of hydrogen-bond donors (Lipinski definition) is 0. The maximum Gasteiger partial charge on any atom is 0.234 e. The number of benzene rings is 2. The first-order valence-corrected chi connectivity index (χ1v) is 9.27. The van der Waals surface area contributed by atoms with Gasteiger partial charge < -0.3 is 4.90 Å². The Bertz CT molecular complexity index is 804. The van der Waals surface area contributed by atoms with Crippen LogP contribution < -0.4 is 0 Å². The van der Waals surface area contributed by atoms with Crippen LogP contribution in [0.4, 0.5) is 0 Å². The monoisotopic (exact) mass is 346 g/mol. The van der Waals surface area contributed by atoms with E-state index in [9.17, 15) is 9.59 Å². The van der Waals surface area contributed by atoms with E-state index in [0.717, 1.165) is 0 Å². The zero-order valence-corrected chi connectivity index (χ0v) is 15.1. The number of likely N-dealkylation sites (tertiary alicyclic amines) is 1. The van der Waals surface area contributed by atoms with Crippen LogP contribution in [0.25, 0.3) is 0 Å². The molecule has 2 aromatic rings. The molecule has 1 fully saturated rings. The molecule has 2 amide bonds. The predicted molar refractivity (Wildman–Crippen MR) is 98.8 cm³/mol. The molecule has 3 aliphatic carbocycles. The van der Waals surface area contributed by atoms with Crippen LogP contribution in [-0.4, -0.2) is 48.8 Å². The minimum Gasteiger partial charge on any atom is -0.308 e. The van der Waals surface area contributed by atoms with Crippen LogP contribution >= 0.6 is 0 Å². The molecule has 1 heterocycles. The molecule has 4 heteroatoms. The lowest BCUT2D eigenvalue weighted by molar-refractivity contribution is -0.140. The number of amides is 2. The lowest BCUT2D eigenvalue weighted by Gasteiger charge is -2.45. The van der Waals surface area contributed by atoms with E-state index < -0.39 is 0 Å². The highest BCUT2D eigenvalue weighted by molar-refractivity contribution is 6.07. The Hall–Kier alpha value is -2.46. The van der Waals surface area contributed by atoms with Crippen molar-refractivity contribution in [3.8, 4) is 0 Å². The van der Waals surface area contributed by atoms with Crippen molar-refractivity contribution in [3.05, 3.63) is 70.8 Å². The van der Waals surface area contributed by atoms with Gasteiger partial charge in [0.25, 0.3) is 0 Å². The maximum absolute atomic E-state index is 13.3. The van der Waals surface area contributed by atoms with Gasteiger partial charge in [0, 0.05) is 24.9 Å². The molecule has 2 bridgehead atoms. The second-order valence-corrected chi connectivity index (χ2v) is 7.90. The smallest absolute Gasteiger partial charge is 0.234 e. The normalized spacial score (nSPS) is 28.3. The van der Waals surface area contributed by atoms with Crippen molar-refractivity contribution in [2.75, 3.05) is 27.2 Å². The number of carbonyl (C=O) groups is 2. The quantitative estimate of drug-likeness (QED) is 0.802. The molecule has 2 atom stereocenters. The molecule has 1 saturated heterocycles. The number of nitrogens with zero attached hydrogens (tertiary/aromatic N) is 2. The third kappa shape index (κ3) is 1.93. The van der Waals surface area contributed by atoms with Crippen LogP contribution in [0.2, 0.25) is 0 Å². The highest BCUT2D eigenvalue weighted by Gasteiger charge is 2.61. The summed E-state index contributed by atoms with van der Waals surface area (Å²) in [5, 5.41) is 0. The van der Waals surface area contributed by atoms with Gasteiger partial charge in [0.05, 0.1) is 11.8 Å². The molecule has 1 aliphatic heterocycles. The predicted octanol–water partition coefficient (Wildman–Crippen LogP) is 2.44. The van der Waals surface area contributed by atoms with Gasteiger partial charge in [-0.1, -0.05) is 48.5 Å². The number of hydrogen-bond acceptors (Lipinski definition) is 3. The zero-order chi connectivity index (χ0) is 18.0. The van der Waals surface area contributed by atoms with Crippen molar-refractivity contribution in [3.63, 3.8) is 0 Å². The lowest BCUT2D eigenvalue weighted by atomic mass is 9.55. The van der Waals surface area contributed by atoms with Crippen molar-refractivity contribution in [1.29, 1.82) is 0 Å². The zero-order valence-electron chi connectivity index (χ0n) is 15.1. The first-order chi connectivity index (χ1) is 12.6. The van der Waals surface area contributed by atoms with Crippen LogP contribution in [-0.2, 0) is 9.59 Å². The van der Waals surface area contributed by atoms with Crippen LogP contribution in [0, 0.1) is 11.8 Å². The highest BCUT2D eigenvalue weighted by Crippen LogP contribution is 2.60. The van der Waals surface area contributed by atoms with E-state index in [1.807, 2.05) is 43.3 Å². The largest absolute Gasteiger partial charge is 0.308 e. The van der Waals surface area contributed by atoms with E-state index in [-0.39, 0.29) is 35.5 Å². The molecule has 0 spiro atoms. The first-order valence-electron chi connectivity index (χ1n) is 9.27. The number of likely N-dealkylation sites (N-methyl/N-ethyl adjacent to an activating group) is 1. The molecular weight excluding hydrogens is 324 g/mol. The fraction of sp³-hybridized carbons (Fsp3) is 0.364. The van der Waals surface area contributed by atoms with E-state index >= 15 is 0 Å². The summed E-state index contributed by atoms with van der Waals surface area (Å²) in [5.74, 6) is -0.475. The van der Waals surface area contributed by atoms with Crippen LogP contribution in [0.5, 0.6) is 0 Å². The summed E-state index contributed by atoms with van der Waals surface area (Å²) in [6.45, 7) is 1.18. The van der Waals surface area contributed by atoms with Crippen molar-refractivity contribution in [2.24, 2.45) is 11.8 Å². The molecular formula is C22H22N2O2. The van der Waals surface area contributed by atoms with Gasteiger partial charge in [-0.3, -0.25) is 14.5 Å². The van der Waals surface area contributed by atoms with Crippen LogP contribution in [0.3, 0.4) is 0 Å². The minimum absolute atomic E-state index is 0.00166. The van der Waals surface area contributed by atoms with E-state index in [2.05, 4.69) is 24.3 Å². The number of imide groups is 1. The van der Waals surface area contributed by atoms with E-state index in [0.29, 0.717) is 13.1 Å². The van der Waals surface area contributed by atoms with Gasteiger partial charge in [0.15, 0.2) is 0 Å². The first kappa shape index (κ1) is 15.8. The topological polar surface area (TPSA) is 40.6 Å². The summed E-state index contributed by atoms with van der Waals surface area (Å²) in [5.41, 5.74) is 4.92. The Morgan fingerprint density at radius 1 is 0.769 bits per heavy atom. The highest BCUT2D eigenvalue weighted by atomic mass is 16.2. The summed E-state index contributed by atoms with van der Waals surface area (Å²) in [7, 11) is 3.93. The summed E-state index contributed by atoms with van der Waals surface area (Å²) >= 11 is 0. The van der Waals surface area contributed by atoms with Crippen molar-refractivity contribution in [1.82, 2.24) is 9.80 Å². The van der Waals surface area contributed by atoms with Crippen molar-refractivity contribution >= 4 is 11.8 Å². The molecule has 6 rings (SSSR count). The Labute approximate surface area is 153 Å². The fourth-order valence-corrected chi connectivity index (χ4v) is 5.26. The average Bonchev–Trinajstić information content (AvgIpc) is 2.91. The Kier molecular flexibility index (Phi) is 3.35. The number of rotatable bonds is 3. The molecule has 2 aromatic carbocycles. The Morgan fingerprint density at radius 2 is 1.15 bits per heavy atom. The molecule has 0 saturated carbocycles. The van der Waals surface area contributed by atoms with Gasteiger partial charge in [0.1, 0.15) is 0 Å². The summed E-state index contributed by atoms with van der Waals surface area (Å²) in [4.78, 5) is 30.1. The Morgan fingerprint density at radius 3 is 1.50 bits per heavy atom. The van der Waals surface area contributed by atoms with Crippen molar-refractivity contribution in [2.45, 2.75) is 11.8 Å². The summed E-state index contributed by atoms with van der Waals surface area (Å²) in [6.07, 6.45) is 0. The Balaban J connectivity index is 1.66. The third-order valence-corrected chi connectivity index (χ3v) is 6.31. The van der Waals surface area contributed by atoms with Crippen LogP contribution in [0.15, 0.2) is 48.5 Å². The third-order valence-electron chi connectivity index (χ3n) is 6.31. The molecule has 4 aliphatic rings. The molecule has 26 heavy (non-hydrogen) atoms. The standard InChI is InChI=1S/C22H22N2O2/c1-23(2)11-12-24-21(25)19-17-13-7-3-4-8-14(13)18(20(19)22(24)26)16-10-6-5-9-15(16)17/h3-10,17-20H,11-12H2,1-2H3/t17?,18?,19-,20+. The summed E-state index contributed by atoms with van der Waals surface area (Å²) in [6, 6.07) is 16.7. The van der Waals surface area contributed by atoms with Gasteiger partial charge in [0.2, 0.25) is 11.8 Å². The second kappa shape index (κ2) is 5.52. The van der Waals surface area contributed by atoms with Gasteiger partial charge >= 0.3 is 0 Å². The van der Waals surface area contributed by atoms with Crippen LogP contribution in [0.1, 0.15) is 34.1 Å². The van der Waals surface area contributed by atoms with E-state index in [4.69, 9.17) is 0 Å².